The van der Waals surface area contributed by atoms with E-state index < -0.39 is 0 Å². The number of rotatable bonds is 4. The minimum Gasteiger partial charge on any atom is -0.660 e. The van der Waals surface area contributed by atoms with Gasteiger partial charge in [0.2, 0.25) is 5.91 Å². The molecule has 4 nitrogen and oxygen atoms in total. The van der Waals surface area contributed by atoms with Crippen LogP contribution in [0, 0.1) is 5.92 Å². The zero-order valence-corrected chi connectivity index (χ0v) is 15.4. The molecule has 0 aromatic heterocycles. The Hall–Kier alpha value is -0.0256. The summed E-state index contributed by atoms with van der Waals surface area (Å²) in [6.45, 7) is 13.1. The molecule has 0 N–H and O–H groups in total. The summed E-state index contributed by atoms with van der Waals surface area (Å²) in [7, 11) is 0. The molecular weight excluding hydrogens is 301 g/mol. The van der Waals surface area contributed by atoms with Crippen molar-refractivity contribution in [3.8, 4) is 0 Å². The van der Waals surface area contributed by atoms with Crippen LogP contribution in [0.4, 0.5) is 0 Å². The van der Waals surface area contributed by atoms with Crippen LogP contribution < -0.4 is 0 Å². The smallest absolute Gasteiger partial charge is 0.223 e. The number of likely N-dealkylation sites (tertiary alicyclic amines) is 1. The molecule has 2 aliphatic rings. The molecule has 1 radical (unpaired) electrons. The molecule has 0 unspecified atom stereocenters. The van der Waals surface area contributed by atoms with E-state index in [1.807, 2.05) is 13.8 Å². The summed E-state index contributed by atoms with van der Waals surface area (Å²) in [4.78, 5) is 16.5. The molecule has 0 spiro atoms. The van der Waals surface area contributed by atoms with Crippen LogP contribution in [0.3, 0.4) is 0 Å². The first-order valence-electron chi connectivity index (χ1n) is 8.43. The van der Waals surface area contributed by atoms with E-state index in [4.69, 9.17) is 0 Å². The molecule has 0 aromatic carbocycles. The van der Waals surface area contributed by atoms with Crippen LogP contribution in [0.5, 0.6) is 0 Å². The van der Waals surface area contributed by atoms with E-state index in [1.54, 1.807) is 0 Å². The van der Waals surface area contributed by atoms with Crippen molar-refractivity contribution in [2.75, 3.05) is 45.8 Å². The summed E-state index contributed by atoms with van der Waals surface area (Å²) in [6.07, 6.45) is 4.35. The maximum atomic E-state index is 12.1. The molecule has 2 heterocycles. The maximum absolute atomic E-state index is 12.1. The summed E-state index contributed by atoms with van der Waals surface area (Å²) in [5, 5.41) is 4.32. The molecule has 2 aliphatic heterocycles. The third-order valence-corrected chi connectivity index (χ3v) is 4.34. The Labute approximate surface area is 142 Å². The Morgan fingerprint density at radius 1 is 1.10 bits per heavy atom. The molecule has 2 rings (SSSR count). The number of piperidine rings is 1. The fraction of sp³-hybridized carbons (Fsp3) is 0.938. The van der Waals surface area contributed by atoms with Crippen LogP contribution in [0.2, 0.25) is 0 Å². The van der Waals surface area contributed by atoms with Crippen LogP contribution in [-0.4, -0.2) is 61.5 Å². The largest absolute Gasteiger partial charge is 0.660 e. The second-order valence-electron chi connectivity index (χ2n) is 5.49. The molecule has 1 amide bonds. The molecule has 0 aromatic rings. The molecular formula is C16H32N3OV-. The quantitative estimate of drug-likeness (QED) is 0.793. The number of carbonyl (C=O) groups excluding carboxylic acids is 1. The summed E-state index contributed by atoms with van der Waals surface area (Å²) in [6, 6.07) is 0. The third-order valence-electron chi connectivity index (χ3n) is 4.34. The SMILES string of the molecule is CC.CCC1CCN(C(=O)CCN2CC[N-]CC2)CC1.[V]. The van der Waals surface area contributed by atoms with Gasteiger partial charge in [0.15, 0.2) is 0 Å². The zero-order valence-electron chi connectivity index (χ0n) is 14.1. The van der Waals surface area contributed by atoms with E-state index in [0.29, 0.717) is 12.3 Å². The number of carbonyl (C=O) groups is 1. The predicted octanol–water partition coefficient (Wildman–Crippen LogP) is 2.74. The van der Waals surface area contributed by atoms with Gasteiger partial charge in [-0.2, -0.15) is 0 Å². The van der Waals surface area contributed by atoms with Gasteiger partial charge >= 0.3 is 0 Å². The Kier molecular flexibility index (Phi) is 12.5. The van der Waals surface area contributed by atoms with Gasteiger partial charge in [-0.15, -0.1) is 13.1 Å². The van der Waals surface area contributed by atoms with Gasteiger partial charge in [0.25, 0.3) is 0 Å². The average molecular weight is 333 g/mol. The number of piperazine rings is 1. The summed E-state index contributed by atoms with van der Waals surface area (Å²) < 4.78 is 0. The van der Waals surface area contributed by atoms with Crippen molar-refractivity contribution in [2.24, 2.45) is 5.92 Å². The van der Waals surface area contributed by atoms with E-state index >= 15 is 0 Å². The number of hydrogen-bond acceptors (Lipinski definition) is 2. The second kappa shape index (κ2) is 12.5. The number of amides is 1. The first-order valence-corrected chi connectivity index (χ1v) is 8.43. The average Bonchev–Trinajstić information content (AvgIpc) is 2.55. The Morgan fingerprint density at radius 2 is 1.67 bits per heavy atom. The van der Waals surface area contributed by atoms with E-state index in [0.717, 1.165) is 51.7 Å². The summed E-state index contributed by atoms with van der Waals surface area (Å²) >= 11 is 0. The number of nitrogens with zero attached hydrogens (tertiary/aromatic N) is 3. The van der Waals surface area contributed by atoms with Gasteiger partial charge in [0, 0.05) is 44.6 Å². The molecule has 5 heteroatoms. The first kappa shape index (κ1) is 21.0. The Morgan fingerprint density at radius 3 is 2.19 bits per heavy atom. The van der Waals surface area contributed by atoms with E-state index in [9.17, 15) is 4.79 Å². The van der Waals surface area contributed by atoms with Crippen molar-refractivity contribution in [3.63, 3.8) is 0 Å². The van der Waals surface area contributed by atoms with Crippen LogP contribution in [0.15, 0.2) is 0 Å². The van der Waals surface area contributed by atoms with Gasteiger partial charge in [-0.25, -0.2) is 0 Å². The monoisotopic (exact) mass is 333 g/mol. The third kappa shape index (κ3) is 7.69. The molecule has 0 atom stereocenters. The predicted molar refractivity (Wildman–Crippen MR) is 85.1 cm³/mol. The van der Waals surface area contributed by atoms with Crippen molar-refractivity contribution in [3.05, 3.63) is 5.32 Å². The van der Waals surface area contributed by atoms with Crippen molar-refractivity contribution >= 4 is 5.91 Å². The summed E-state index contributed by atoms with van der Waals surface area (Å²) in [5.41, 5.74) is 0. The molecule has 2 fully saturated rings. The van der Waals surface area contributed by atoms with Crippen molar-refractivity contribution < 1.29 is 23.4 Å². The molecule has 0 aliphatic carbocycles. The van der Waals surface area contributed by atoms with E-state index in [-0.39, 0.29) is 18.6 Å². The molecule has 0 bridgehead atoms. The Balaban J connectivity index is 0.00000128. The van der Waals surface area contributed by atoms with Crippen LogP contribution in [0.25, 0.3) is 5.32 Å². The van der Waals surface area contributed by atoms with Gasteiger partial charge in [-0.1, -0.05) is 27.2 Å². The number of hydrogen-bond donors (Lipinski definition) is 0. The van der Waals surface area contributed by atoms with Crippen LogP contribution in [-0.2, 0) is 23.4 Å². The molecule has 21 heavy (non-hydrogen) atoms. The van der Waals surface area contributed by atoms with E-state index in [1.165, 1.54) is 19.3 Å². The van der Waals surface area contributed by atoms with Gasteiger partial charge in [-0.3, -0.25) is 4.79 Å². The minimum atomic E-state index is 0. The topological polar surface area (TPSA) is 37.7 Å². The fourth-order valence-corrected chi connectivity index (χ4v) is 2.87. The maximum Gasteiger partial charge on any atom is 0.223 e. The summed E-state index contributed by atoms with van der Waals surface area (Å²) in [5.74, 6) is 1.20. The second-order valence-corrected chi connectivity index (χ2v) is 5.49. The van der Waals surface area contributed by atoms with Gasteiger partial charge in [0.1, 0.15) is 0 Å². The first-order chi connectivity index (χ1) is 9.79. The van der Waals surface area contributed by atoms with Crippen molar-refractivity contribution in [2.45, 2.75) is 46.5 Å². The van der Waals surface area contributed by atoms with Gasteiger partial charge in [-0.05, 0) is 31.8 Å². The standard InChI is InChI=1S/C14H26N3O.C2H6.V/c1-2-13-3-9-17(10-4-13)14(18)5-8-16-11-6-15-7-12-16;1-2;/h13H,2-12H2,1H3;1-2H3;/q-1;;. The van der Waals surface area contributed by atoms with Gasteiger partial charge in [0.05, 0.1) is 0 Å². The molecule has 123 valence electrons. The van der Waals surface area contributed by atoms with E-state index in [2.05, 4.69) is 22.0 Å². The minimum absolute atomic E-state index is 0. The fourth-order valence-electron chi connectivity index (χ4n) is 2.87. The molecule has 0 saturated carbocycles. The van der Waals surface area contributed by atoms with Crippen molar-refractivity contribution in [1.29, 1.82) is 0 Å². The van der Waals surface area contributed by atoms with Gasteiger partial charge < -0.3 is 15.1 Å². The normalized spacial score (nSPS) is 20.2. The Bertz CT molecular complexity index is 262. The van der Waals surface area contributed by atoms with Crippen LogP contribution >= 0.6 is 0 Å². The van der Waals surface area contributed by atoms with Crippen molar-refractivity contribution in [1.82, 2.24) is 9.80 Å². The molecule has 2 saturated heterocycles. The zero-order chi connectivity index (χ0) is 14.8. The van der Waals surface area contributed by atoms with Crippen LogP contribution in [0.1, 0.15) is 46.5 Å².